The standard InChI is InChI=1S/C17H19Br/c1-3-13(2)12-14-4-6-15(7-5-14)16-8-10-17(18)11-9-16/h4-11,13H,3,12H2,1-2H3. The third-order valence-electron chi connectivity index (χ3n) is 3.41. The van der Waals surface area contributed by atoms with Gasteiger partial charge in [0.25, 0.3) is 0 Å². The van der Waals surface area contributed by atoms with E-state index in [9.17, 15) is 0 Å². The van der Waals surface area contributed by atoms with E-state index < -0.39 is 0 Å². The van der Waals surface area contributed by atoms with Crippen molar-refractivity contribution in [2.75, 3.05) is 0 Å². The lowest BCUT2D eigenvalue weighted by Gasteiger charge is -2.09. The van der Waals surface area contributed by atoms with E-state index >= 15 is 0 Å². The predicted octanol–water partition coefficient (Wildman–Crippen LogP) is 5.70. The van der Waals surface area contributed by atoms with Gasteiger partial charge in [-0.1, -0.05) is 72.6 Å². The maximum atomic E-state index is 3.46. The number of halogens is 1. The van der Waals surface area contributed by atoms with E-state index in [1.165, 1.54) is 29.5 Å². The van der Waals surface area contributed by atoms with E-state index in [0.29, 0.717) is 0 Å². The molecule has 94 valence electrons. The summed E-state index contributed by atoms with van der Waals surface area (Å²) in [5.74, 6) is 0.767. The molecule has 0 N–H and O–H groups in total. The fourth-order valence-corrected chi connectivity index (χ4v) is 2.29. The topological polar surface area (TPSA) is 0 Å². The minimum atomic E-state index is 0.767. The van der Waals surface area contributed by atoms with Crippen molar-refractivity contribution in [2.45, 2.75) is 26.7 Å². The first kappa shape index (κ1) is 13.4. The molecule has 1 unspecified atom stereocenters. The summed E-state index contributed by atoms with van der Waals surface area (Å²) in [7, 11) is 0. The van der Waals surface area contributed by atoms with Crippen LogP contribution in [0.15, 0.2) is 53.0 Å². The molecule has 0 aliphatic rings. The first-order chi connectivity index (χ1) is 8.69. The summed E-state index contributed by atoms with van der Waals surface area (Å²) < 4.78 is 1.12. The Labute approximate surface area is 118 Å². The molecule has 1 atom stereocenters. The summed E-state index contributed by atoms with van der Waals surface area (Å²) in [6.45, 7) is 4.56. The van der Waals surface area contributed by atoms with Crippen LogP contribution in [0, 0.1) is 5.92 Å². The summed E-state index contributed by atoms with van der Waals surface area (Å²) in [5, 5.41) is 0. The van der Waals surface area contributed by atoms with Gasteiger partial charge in [-0.25, -0.2) is 0 Å². The van der Waals surface area contributed by atoms with Crippen LogP contribution in [0.3, 0.4) is 0 Å². The van der Waals surface area contributed by atoms with E-state index in [4.69, 9.17) is 0 Å². The fraction of sp³-hybridized carbons (Fsp3) is 0.294. The number of rotatable bonds is 4. The lowest BCUT2D eigenvalue weighted by atomic mass is 9.97. The fourth-order valence-electron chi connectivity index (χ4n) is 2.02. The largest absolute Gasteiger partial charge is 0.0651 e. The average molecular weight is 303 g/mol. The van der Waals surface area contributed by atoms with Gasteiger partial charge >= 0.3 is 0 Å². The molecule has 0 aliphatic heterocycles. The molecular weight excluding hydrogens is 284 g/mol. The van der Waals surface area contributed by atoms with Crippen LogP contribution in [0.1, 0.15) is 25.8 Å². The minimum Gasteiger partial charge on any atom is -0.0651 e. The van der Waals surface area contributed by atoms with Crippen LogP contribution in [0.4, 0.5) is 0 Å². The number of hydrogen-bond donors (Lipinski definition) is 0. The van der Waals surface area contributed by atoms with E-state index in [0.717, 1.165) is 10.4 Å². The second-order valence-electron chi connectivity index (χ2n) is 4.92. The van der Waals surface area contributed by atoms with Gasteiger partial charge < -0.3 is 0 Å². The molecule has 0 saturated heterocycles. The lowest BCUT2D eigenvalue weighted by molar-refractivity contribution is 0.560. The van der Waals surface area contributed by atoms with E-state index in [2.05, 4.69) is 78.3 Å². The molecule has 0 radical (unpaired) electrons. The highest BCUT2D eigenvalue weighted by Gasteiger charge is 2.02. The highest BCUT2D eigenvalue weighted by Crippen LogP contribution is 2.23. The zero-order valence-electron chi connectivity index (χ0n) is 11.0. The molecule has 0 nitrogen and oxygen atoms in total. The van der Waals surface area contributed by atoms with Crippen molar-refractivity contribution in [3.05, 3.63) is 58.6 Å². The van der Waals surface area contributed by atoms with Crippen LogP contribution in [0.2, 0.25) is 0 Å². The van der Waals surface area contributed by atoms with Crippen molar-refractivity contribution in [3.63, 3.8) is 0 Å². The monoisotopic (exact) mass is 302 g/mol. The molecular formula is C17H19Br. The van der Waals surface area contributed by atoms with Crippen LogP contribution < -0.4 is 0 Å². The zero-order chi connectivity index (χ0) is 13.0. The van der Waals surface area contributed by atoms with Gasteiger partial charge in [-0.3, -0.25) is 0 Å². The quantitative estimate of drug-likeness (QED) is 0.679. The van der Waals surface area contributed by atoms with Crippen LogP contribution in [0.25, 0.3) is 11.1 Å². The molecule has 1 heteroatoms. The molecule has 18 heavy (non-hydrogen) atoms. The van der Waals surface area contributed by atoms with Gasteiger partial charge in [0.2, 0.25) is 0 Å². The Hall–Kier alpha value is -1.08. The Bertz CT molecular complexity index is 482. The molecule has 0 fully saturated rings. The maximum absolute atomic E-state index is 3.46. The van der Waals surface area contributed by atoms with Crippen molar-refractivity contribution >= 4 is 15.9 Å². The van der Waals surface area contributed by atoms with Crippen LogP contribution >= 0.6 is 15.9 Å². The molecule has 0 aromatic heterocycles. The van der Waals surface area contributed by atoms with Gasteiger partial charge in [0.05, 0.1) is 0 Å². The first-order valence-corrected chi connectivity index (χ1v) is 7.33. The summed E-state index contributed by atoms with van der Waals surface area (Å²) in [5.41, 5.74) is 3.99. The van der Waals surface area contributed by atoms with E-state index in [1.54, 1.807) is 0 Å². The third-order valence-corrected chi connectivity index (χ3v) is 3.94. The Balaban J connectivity index is 2.14. The second-order valence-corrected chi connectivity index (χ2v) is 5.84. The molecule has 0 bridgehead atoms. The van der Waals surface area contributed by atoms with E-state index in [-0.39, 0.29) is 0 Å². The summed E-state index contributed by atoms with van der Waals surface area (Å²) in [4.78, 5) is 0. The van der Waals surface area contributed by atoms with Crippen LogP contribution in [-0.4, -0.2) is 0 Å². The summed E-state index contributed by atoms with van der Waals surface area (Å²) in [6.07, 6.45) is 2.42. The molecule has 2 aromatic rings. The second kappa shape index (κ2) is 6.19. The molecule has 0 aliphatic carbocycles. The molecule has 0 heterocycles. The van der Waals surface area contributed by atoms with Gasteiger partial charge in [0.1, 0.15) is 0 Å². The molecule has 0 amide bonds. The van der Waals surface area contributed by atoms with Gasteiger partial charge in [-0.15, -0.1) is 0 Å². The Morgan fingerprint density at radius 2 is 1.39 bits per heavy atom. The Morgan fingerprint density at radius 1 is 0.889 bits per heavy atom. The van der Waals surface area contributed by atoms with Gasteiger partial charge in [-0.05, 0) is 41.2 Å². The molecule has 2 aromatic carbocycles. The predicted molar refractivity (Wildman–Crippen MR) is 82.7 cm³/mol. The normalized spacial score (nSPS) is 12.4. The first-order valence-electron chi connectivity index (χ1n) is 6.54. The SMILES string of the molecule is CCC(C)Cc1ccc(-c2ccc(Br)cc2)cc1. The average Bonchev–Trinajstić information content (AvgIpc) is 2.40. The molecule has 0 saturated carbocycles. The van der Waals surface area contributed by atoms with Gasteiger partial charge in [-0.2, -0.15) is 0 Å². The highest BCUT2D eigenvalue weighted by molar-refractivity contribution is 9.10. The minimum absolute atomic E-state index is 0.767. The highest BCUT2D eigenvalue weighted by atomic mass is 79.9. The Kier molecular flexibility index (Phi) is 4.60. The third kappa shape index (κ3) is 3.46. The smallest absolute Gasteiger partial charge is 0.0175 e. The van der Waals surface area contributed by atoms with Crippen molar-refractivity contribution in [1.29, 1.82) is 0 Å². The van der Waals surface area contributed by atoms with Crippen molar-refractivity contribution in [2.24, 2.45) is 5.92 Å². The number of benzene rings is 2. The van der Waals surface area contributed by atoms with Crippen molar-refractivity contribution in [1.82, 2.24) is 0 Å². The zero-order valence-corrected chi connectivity index (χ0v) is 12.6. The number of hydrogen-bond acceptors (Lipinski definition) is 0. The lowest BCUT2D eigenvalue weighted by Crippen LogP contribution is -1.97. The van der Waals surface area contributed by atoms with Crippen LogP contribution in [0.5, 0.6) is 0 Å². The summed E-state index contributed by atoms with van der Waals surface area (Å²) >= 11 is 3.46. The van der Waals surface area contributed by atoms with Gasteiger partial charge in [0, 0.05) is 4.47 Å². The van der Waals surface area contributed by atoms with Gasteiger partial charge in [0.15, 0.2) is 0 Å². The molecule has 0 spiro atoms. The van der Waals surface area contributed by atoms with Crippen molar-refractivity contribution in [3.8, 4) is 11.1 Å². The maximum Gasteiger partial charge on any atom is 0.0175 e. The van der Waals surface area contributed by atoms with E-state index in [1.807, 2.05) is 0 Å². The Morgan fingerprint density at radius 3 is 1.89 bits per heavy atom. The van der Waals surface area contributed by atoms with Crippen LogP contribution in [-0.2, 0) is 6.42 Å². The molecule has 2 rings (SSSR count). The summed E-state index contributed by atoms with van der Waals surface area (Å²) in [6, 6.07) is 17.4. The van der Waals surface area contributed by atoms with Crippen molar-refractivity contribution < 1.29 is 0 Å².